The van der Waals surface area contributed by atoms with Gasteiger partial charge in [0, 0.05) is 13.0 Å². The van der Waals surface area contributed by atoms with E-state index in [0.717, 1.165) is 25.9 Å². The van der Waals surface area contributed by atoms with Crippen LogP contribution in [0.1, 0.15) is 32.1 Å². The summed E-state index contributed by atoms with van der Waals surface area (Å²) in [7, 11) is 0. The predicted octanol–water partition coefficient (Wildman–Crippen LogP) is -0.316. The quantitative estimate of drug-likeness (QED) is 0.468. The van der Waals surface area contributed by atoms with Crippen LogP contribution in [0.3, 0.4) is 0 Å². The maximum atomic E-state index is 11.6. The number of piperidine rings is 1. The van der Waals surface area contributed by atoms with Crippen molar-refractivity contribution in [2.45, 2.75) is 38.1 Å². The lowest BCUT2D eigenvalue weighted by Gasteiger charge is -2.21. The molecule has 1 saturated heterocycles. The van der Waals surface area contributed by atoms with E-state index in [1.54, 1.807) is 0 Å². The van der Waals surface area contributed by atoms with Crippen LogP contribution in [-0.2, 0) is 9.59 Å². The minimum atomic E-state index is -0.990. The fourth-order valence-electron chi connectivity index (χ4n) is 2.09. The molecule has 1 rings (SSSR count). The number of hydrogen-bond donors (Lipinski definition) is 4. The van der Waals surface area contributed by atoms with Gasteiger partial charge in [0.1, 0.15) is 6.04 Å². The molecular weight excluding hydrogens is 234 g/mol. The fourth-order valence-corrected chi connectivity index (χ4v) is 2.09. The zero-order valence-electron chi connectivity index (χ0n) is 10.7. The van der Waals surface area contributed by atoms with Crippen molar-refractivity contribution < 1.29 is 14.7 Å². The molecule has 1 fully saturated rings. The number of carbonyl (C=O) groups excluding carboxylic acids is 1. The maximum absolute atomic E-state index is 11.6. The molecule has 1 aliphatic rings. The Bertz CT molecular complexity index is 278. The largest absolute Gasteiger partial charge is 0.480 e. The molecule has 1 aliphatic heterocycles. The van der Waals surface area contributed by atoms with E-state index in [1.165, 1.54) is 0 Å². The maximum Gasteiger partial charge on any atom is 0.320 e. The van der Waals surface area contributed by atoms with Gasteiger partial charge in [0.2, 0.25) is 5.91 Å². The summed E-state index contributed by atoms with van der Waals surface area (Å²) < 4.78 is 0. The van der Waals surface area contributed by atoms with Crippen LogP contribution in [0.15, 0.2) is 0 Å². The molecule has 0 bridgehead atoms. The third-order valence-corrected chi connectivity index (χ3v) is 3.26. The molecule has 1 atom stereocenters. The van der Waals surface area contributed by atoms with Crippen molar-refractivity contribution in [3.63, 3.8) is 0 Å². The van der Waals surface area contributed by atoms with E-state index < -0.39 is 12.0 Å². The lowest BCUT2D eigenvalue weighted by atomic mass is 9.94. The van der Waals surface area contributed by atoms with Gasteiger partial charge in [-0.15, -0.1) is 0 Å². The number of nitrogens with one attached hydrogen (secondary N) is 2. The molecule has 0 aromatic rings. The van der Waals surface area contributed by atoms with E-state index in [9.17, 15) is 9.59 Å². The van der Waals surface area contributed by atoms with Gasteiger partial charge in [0.15, 0.2) is 0 Å². The molecule has 6 heteroatoms. The first-order chi connectivity index (χ1) is 8.59. The number of hydrogen-bond acceptors (Lipinski definition) is 4. The minimum Gasteiger partial charge on any atom is -0.480 e. The lowest BCUT2D eigenvalue weighted by Crippen LogP contribution is -2.34. The van der Waals surface area contributed by atoms with Crippen LogP contribution in [0.2, 0.25) is 0 Å². The Labute approximate surface area is 107 Å². The highest BCUT2D eigenvalue weighted by Crippen LogP contribution is 2.15. The lowest BCUT2D eigenvalue weighted by molar-refractivity contribution is -0.138. The van der Waals surface area contributed by atoms with E-state index in [2.05, 4.69) is 10.6 Å². The number of rotatable bonds is 7. The van der Waals surface area contributed by atoms with Crippen molar-refractivity contribution in [3.8, 4) is 0 Å². The second-order valence-electron chi connectivity index (χ2n) is 4.83. The van der Waals surface area contributed by atoms with Gasteiger partial charge in [-0.1, -0.05) is 0 Å². The molecule has 0 aromatic heterocycles. The van der Waals surface area contributed by atoms with Gasteiger partial charge in [-0.3, -0.25) is 9.59 Å². The molecule has 0 spiro atoms. The highest BCUT2D eigenvalue weighted by Gasteiger charge is 2.16. The van der Waals surface area contributed by atoms with Crippen LogP contribution < -0.4 is 16.4 Å². The molecule has 6 nitrogen and oxygen atoms in total. The molecule has 5 N–H and O–H groups in total. The van der Waals surface area contributed by atoms with Crippen LogP contribution in [0.5, 0.6) is 0 Å². The minimum absolute atomic E-state index is 0.0609. The number of nitrogens with two attached hydrogens (primary N) is 1. The molecule has 0 unspecified atom stereocenters. The van der Waals surface area contributed by atoms with Crippen molar-refractivity contribution in [1.29, 1.82) is 0 Å². The van der Waals surface area contributed by atoms with E-state index in [0.29, 0.717) is 31.7 Å². The Morgan fingerprint density at radius 2 is 2.06 bits per heavy atom. The third kappa shape index (κ3) is 5.97. The van der Waals surface area contributed by atoms with Crippen molar-refractivity contribution in [3.05, 3.63) is 0 Å². The average molecular weight is 257 g/mol. The summed E-state index contributed by atoms with van der Waals surface area (Å²) in [6, 6.07) is -0.827. The topological polar surface area (TPSA) is 104 Å². The molecule has 18 heavy (non-hydrogen) atoms. The summed E-state index contributed by atoms with van der Waals surface area (Å²) in [6.07, 6.45) is 3.68. The van der Waals surface area contributed by atoms with Crippen LogP contribution in [0.25, 0.3) is 0 Å². The highest BCUT2D eigenvalue weighted by atomic mass is 16.4. The Morgan fingerprint density at radius 1 is 1.39 bits per heavy atom. The molecular formula is C12H23N3O3. The second kappa shape index (κ2) is 8.05. The molecule has 0 aliphatic carbocycles. The Hall–Kier alpha value is -1.14. The van der Waals surface area contributed by atoms with Crippen LogP contribution in [0.4, 0.5) is 0 Å². The fraction of sp³-hybridized carbons (Fsp3) is 0.833. The zero-order valence-corrected chi connectivity index (χ0v) is 10.7. The van der Waals surface area contributed by atoms with E-state index in [1.807, 2.05) is 0 Å². The van der Waals surface area contributed by atoms with Gasteiger partial charge in [-0.05, 0) is 44.7 Å². The molecule has 104 valence electrons. The summed E-state index contributed by atoms with van der Waals surface area (Å²) >= 11 is 0. The molecule has 1 amide bonds. The van der Waals surface area contributed by atoms with E-state index in [4.69, 9.17) is 10.8 Å². The number of aliphatic carboxylic acids is 1. The highest BCUT2D eigenvalue weighted by molar-refractivity contribution is 5.76. The number of carbonyl (C=O) groups is 2. The number of carboxylic acids is 1. The first kappa shape index (κ1) is 14.9. The average Bonchev–Trinajstić information content (AvgIpc) is 2.35. The van der Waals surface area contributed by atoms with Gasteiger partial charge in [0.05, 0.1) is 0 Å². The predicted molar refractivity (Wildman–Crippen MR) is 68.1 cm³/mol. The number of carboxylic acid groups (broad SMARTS) is 1. The van der Waals surface area contributed by atoms with Crippen LogP contribution >= 0.6 is 0 Å². The molecule has 0 aromatic carbocycles. The summed E-state index contributed by atoms with van der Waals surface area (Å²) in [6.45, 7) is 2.49. The molecule has 1 heterocycles. The summed E-state index contributed by atoms with van der Waals surface area (Å²) in [5.41, 5.74) is 5.36. The van der Waals surface area contributed by atoms with Crippen LogP contribution in [-0.4, -0.2) is 42.7 Å². The zero-order chi connectivity index (χ0) is 13.4. The third-order valence-electron chi connectivity index (χ3n) is 3.26. The Balaban J connectivity index is 2.04. The first-order valence-corrected chi connectivity index (χ1v) is 6.55. The van der Waals surface area contributed by atoms with Crippen molar-refractivity contribution in [2.24, 2.45) is 11.7 Å². The van der Waals surface area contributed by atoms with Crippen molar-refractivity contribution >= 4 is 11.9 Å². The summed E-state index contributed by atoms with van der Waals surface area (Å²) in [5, 5.41) is 14.7. The van der Waals surface area contributed by atoms with Crippen LogP contribution in [0, 0.1) is 5.92 Å². The molecule has 0 radical (unpaired) electrons. The van der Waals surface area contributed by atoms with E-state index >= 15 is 0 Å². The van der Waals surface area contributed by atoms with E-state index in [-0.39, 0.29) is 5.91 Å². The first-order valence-electron chi connectivity index (χ1n) is 6.55. The standard InChI is InChI=1S/C12H23N3O3/c13-10(12(17)18)2-1-5-15-11(16)8-9-3-6-14-7-4-9/h9-10,14H,1-8,13H2,(H,15,16)(H,17,18)/t10-/m0/s1. The molecule has 0 saturated carbocycles. The van der Waals surface area contributed by atoms with Gasteiger partial charge in [0.25, 0.3) is 0 Å². The van der Waals surface area contributed by atoms with Crippen molar-refractivity contribution in [2.75, 3.05) is 19.6 Å². The Kier molecular flexibility index (Phi) is 6.67. The Morgan fingerprint density at radius 3 is 2.67 bits per heavy atom. The summed E-state index contributed by atoms with van der Waals surface area (Å²) in [5.74, 6) is -0.450. The van der Waals surface area contributed by atoms with Crippen molar-refractivity contribution in [1.82, 2.24) is 10.6 Å². The second-order valence-corrected chi connectivity index (χ2v) is 4.83. The normalized spacial score (nSPS) is 18.3. The van der Waals surface area contributed by atoms with Gasteiger partial charge >= 0.3 is 5.97 Å². The number of amides is 1. The van der Waals surface area contributed by atoms with Gasteiger partial charge in [-0.2, -0.15) is 0 Å². The van der Waals surface area contributed by atoms with Gasteiger partial charge in [-0.25, -0.2) is 0 Å². The monoisotopic (exact) mass is 257 g/mol. The smallest absolute Gasteiger partial charge is 0.320 e. The SMILES string of the molecule is N[C@@H](CCCNC(=O)CC1CCNCC1)C(=O)O. The summed E-state index contributed by atoms with van der Waals surface area (Å²) in [4.78, 5) is 22.1. The van der Waals surface area contributed by atoms with Gasteiger partial charge < -0.3 is 21.5 Å².